The Balaban J connectivity index is 2.55. The normalized spacial score (nSPS) is 12.6. The summed E-state index contributed by atoms with van der Waals surface area (Å²) in [6, 6.07) is 4.14. The van der Waals surface area contributed by atoms with E-state index in [9.17, 15) is 4.79 Å². The Morgan fingerprint density at radius 1 is 1.33 bits per heavy atom. The van der Waals surface area contributed by atoms with E-state index >= 15 is 0 Å². The number of carbonyl (C=O) groups is 1. The molecule has 1 heterocycles. The zero-order chi connectivity index (χ0) is 15.9. The van der Waals surface area contributed by atoms with Crippen LogP contribution < -0.4 is 10.6 Å². The molecule has 0 aliphatic carbocycles. The molecule has 1 unspecified atom stereocenters. The second-order valence-corrected chi connectivity index (χ2v) is 6.10. The van der Waals surface area contributed by atoms with E-state index < -0.39 is 11.7 Å². The van der Waals surface area contributed by atoms with Crippen LogP contribution in [0.4, 0.5) is 16.3 Å². The third kappa shape index (κ3) is 6.97. The third-order valence-corrected chi connectivity index (χ3v) is 2.89. The molecule has 1 amide bonds. The maximum atomic E-state index is 11.6. The highest BCUT2D eigenvalue weighted by Gasteiger charge is 2.16. The maximum Gasteiger partial charge on any atom is 0.413 e. The van der Waals surface area contributed by atoms with Crippen molar-refractivity contribution in [2.45, 2.75) is 65.5 Å². The van der Waals surface area contributed by atoms with Crippen LogP contribution in [0.15, 0.2) is 18.3 Å². The van der Waals surface area contributed by atoms with E-state index in [0.717, 1.165) is 24.9 Å². The Bertz CT molecular complexity index is 438. The summed E-state index contributed by atoms with van der Waals surface area (Å²) in [5, 5.41) is 6.06. The van der Waals surface area contributed by atoms with Crippen LogP contribution in [-0.2, 0) is 4.74 Å². The highest BCUT2D eigenvalue weighted by Crippen LogP contribution is 2.15. The topological polar surface area (TPSA) is 63.2 Å². The summed E-state index contributed by atoms with van der Waals surface area (Å²) in [5.74, 6) is 0.485. The first-order valence-electron chi connectivity index (χ1n) is 7.56. The quantitative estimate of drug-likeness (QED) is 0.815. The number of hydrogen-bond acceptors (Lipinski definition) is 4. The number of ether oxygens (including phenoxy) is 1. The average molecular weight is 293 g/mol. The molecule has 118 valence electrons. The largest absolute Gasteiger partial charge is 0.444 e. The van der Waals surface area contributed by atoms with Crippen molar-refractivity contribution >= 4 is 17.6 Å². The van der Waals surface area contributed by atoms with Crippen LogP contribution in [0.25, 0.3) is 0 Å². The number of nitrogens with one attached hydrogen (secondary N) is 2. The van der Waals surface area contributed by atoms with Crippen molar-refractivity contribution in [2.24, 2.45) is 0 Å². The standard InChI is InChI=1S/C16H27N3O2/c1-6-8-12(7-2)18-13-9-10-14(17-11-13)19-15(20)21-16(3,4)5/h9-12,18H,6-8H2,1-5H3,(H,17,19,20). The monoisotopic (exact) mass is 293 g/mol. The minimum atomic E-state index is -0.514. The molecule has 0 fully saturated rings. The molecule has 0 aliphatic heterocycles. The van der Waals surface area contributed by atoms with E-state index in [0.29, 0.717) is 11.9 Å². The molecule has 1 aromatic heterocycles. The molecule has 1 aromatic rings. The van der Waals surface area contributed by atoms with Gasteiger partial charge in [-0.05, 0) is 45.7 Å². The van der Waals surface area contributed by atoms with Gasteiger partial charge >= 0.3 is 6.09 Å². The summed E-state index contributed by atoms with van der Waals surface area (Å²) in [4.78, 5) is 15.9. The predicted molar refractivity (Wildman–Crippen MR) is 86.7 cm³/mol. The lowest BCUT2D eigenvalue weighted by molar-refractivity contribution is 0.0635. The number of anilines is 2. The van der Waals surface area contributed by atoms with Gasteiger partial charge in [-0.3, -0.25) is 5.32 Å². The van der Waals surface area contributed by atoms with Gasteiger partial charge in [0.2, 0.25) is 0 Å². The number of aromatic nitrogens is 1. The number of nitrogens with zero attached hydrogens (tertiary/aromatic N) is 1. The number of amides is 1. The van der Waals surface area contributed by atoms with Gasteiger partial charge < -0.3 is 10.1 Å². The summed E-state index contributed by atoms with van der Waals surface area (Å²) in [5.41, 5.74) is 0.449. The van der Waals surface area contributed by atoms with E-state index in [-0.39, 0.29) is 0 Å². The molecule has 2 N–H and O–H groups in total. The fourth-order valence-corrected chi connectivity index (χ4v) is 1.92. The Labute approximate surface area is 127 Å². The second-order valence-electron chi connectivity index (χ2n) is 6.10. The minimum absolute atomic E-state index is 0.460. The van der Waals surface area contributed by atoms with Crippen LogP contribution in [0, 0.1) is 0 Å². The van der Waals surface area contributed by atoms with Crippen LogP contribution in [0.3, 0.4) is 0 Å². The van der Waals surface area contributed by atoms with Gasteiger partial charge in [-0.1, -0.05) is 20.3 Å². The van der Waals surface area contributed by atoms with E-state index in [1.165, 1.54) is 0 Å². The van der Waals surface area contributed by atoms with Crippen molar-refractivity contribution in [1.82, 2.24) is 4.98 Å². The summed E-state index contributed by atoms with van der Waals surface area (Å²) in [6.07, 6.45) is 4.59. The first-order chi connectivity index (χ1) is 9.84. The fourth-order valence-electron chi connectivity index (χ4n) is 1.92. The molecule has 5 heteroatoms. The number of hydrogen-bond donors (Lipinski definition) is 2. The smallest absolute Gasteiger partial charge is 0.413 e. The van der Waals surface area contributed by atoms with Crippen molar-refractivity contribution in [1.29, 1.82) is 0 Å². The molecule has 1 rings (SSSR count). The molecular formula is C16H27N3O2. The molecule has 5 nitrogen and oxygen atoms in total. The Morgan fingerprint density at radius 3 is 2.52 bits per heavy atom. The minimum Gasteiger partial charge on any atom is -0.444 e. The summed E-state index contributed by atoms with van der Waals surface area (Å²) >= 11 is 0. The predicted octanol–water partition coefficient (Wildman–Crippen LogP) is 4.42. The van der Waals surface area contributed by atoms with Gasteiger partial charge in [-0.15, -0.1) is 0 Å². The van der Waals surface area contributed by atoms with E-state index in [2.05, 4.69) is 29.5 Å². The van der Waals surface area contributed by atoms with Gasteiger partial charge in [-0.2, -0.15) is 0 Å². The molecule has 0 radical (unpaired) electrons. The molecule has 1 atom stereocenters. The number of pyridine rings is 1. The van der Waals surface area contributed by atoms with Crippen LogP contribution >= 0.6 is 0 Å². The lowest BCUT2D eigenvalue weighted by Gasteiger charge is -2.20. The molecular weight excluding hydrogens is 266 g/mol. The van der Waals surface area contributed by atoms with Crippen molar-refractivity contribution in [2.75, 3.05) is 10.6 Å². The number of rotatable bonds is 6. The van der Waals surface area contributed by atoms with Gasteiger partial charge in [-0.25, -0.2) is 9.78 Å². The van der Waals surface area contributed by atoms with Gasteiger partial charge in [0.1, 0.15) is 11.4 Å². The SMILES string of the molecule is CCCC(CC)Nc1ccc(NC(=O)OC(C)(C)C)nc1. The molecule has 0 bridgehead atoms. The maximum absolute atomic E-state index is 11.6. The molecule has 0 aliphatic rings. The molecule has 0 saturated carbocycles. The van der Waals surface area contributed by atoms with Gasteiger partial charge in [0, 0.05) is 6.04 Å². The van der Waals surface area contributed by atoms with Crippen LogP contribution in [0.5, 0.6) is 0 Å². The first kappa shape index (κ1) is 17.3. The van der Waals surface area contributed by atoms with E-state index in [4.69, 9.17) is 4.74 Å². The van der Waals surface area contributed by atoms with E-state index in [1.54, 1.807) is 12.3 Å². The Kier molecular flexibility index (Phi) is 6.46. The highest BCUT2D eigenvalue weighted by atomic mass is 16.6. The van der Waals surface area contributed by atoms with E-state index in [1.807, 2.05) is 26.8 Å². The van der Waals surface area contributed by atoms with Gasteiger partial charge in [0.15, 0.2) is 0 Å². The summed E-state index contributed by atoms with van der Waals surface area (Å²) < 4.78 is 5.18. The third-order valence-electron chi connectivity index (χ3n) is 2.89. The summed E-state index contributed by atoms with van der Waals surface area (Å²) in [6.45, 7) is 9.82. The zero-order valence-electron chi connectivity index (χ0n) is 13.7. The van der Waals surface area contributed by atoms with Crippen LogP contribution in [0.1, 0.15) is 53.9 Å². The van der Waals surface area contributed by atoms with Gasteiger partial charge in [0.05, 0.1) is 11.9 Å². The van der Waals surface area contributed by atoms with Crippen molar-refractivity contribution in [3.63, 3.8) is 0 Å². The average Bonchev–Trinajstić information content (AvgIpc) is 2.38. The highest BCUT2D eigenvalue weighted by molar-refractivity contribution is 5.83. The van der Waals surface area contributed by atoms with Crippen LogP contribution in [0.2, 0.25) is 0 Å². The van der Waals surface area contributed by atoms with Crippen molar-refractivity contribution in [3.8, 4) is 0 Å². The van der Waals surface area contributed by atoms with Gasteiger partial charge in [0.25, 0.3) is 0 Å². The molecule has 21 heavy (non-hydrogen) atoms. The zero-order valence-corrected chi connectivity index (χ0v) is 13.7. The van der Waals surface area contributed by atoms with Crippen LogP contribution in [-0.4, -0.2) is 22.7 Å². The lowest BCUT2D eigenvalue weighted by atomic mass is 10.1. The first-order valence-corrected chi connectivity index (χ1v) is 7.56. The lowest BCUT2D eigenvalue weighted by Crippen LogP contribution is -2.27. The fraction of sp³-hybridized carbons (Fsp3) is 0.625. The second kappa shape index (κ2) is 7.86. The summed E-state index contributed by atoms with van der Waals surface area (Å²) in [7, 11) is 0. The number of carbonyl (C=O) groups excluding carboxylic acids is 1. The molecule has 0 saturated heterocycles. The Morgan fingerprint density at radius 2 is 2.05 bits per heavy atom. The Hall–Kier alpha value is -1.78. The van der Waals surface area contributed by atoms with Crippen molar-refractivity contribution in [3.05, 3.63) is 18.3 Å². The molecule has 0 spiro atoms. The molecule has 0 aromatic carbocycles. The van der Waals surface area contributed by atoms with Crippen molar-refractivity contribution < 1.29 is 9.53 Å².